The summed E-state index contributed by atoms with van der Waals surface area (Å²) >= 11 is 5.83. The molecule has 0 saturated heterocycles. The largest absolute Gasteiger partial charge is 0.492 e. The molecule has 0 bridgehead atoms. The van der Waals surface area contributed by atoms with E-state index in [0.29, 0.717) is 21.7 Å². The van der Waals surface area contributed by atoms with Crippen LogP contribution in [0.1, 0.15) is 0 Å². The van der Waals surface area contributed by atoms with Crippen molar-refractivity contribution in [1.29, 1.82) is 0 Å². The SMILES string of the molecule is O=C(CO)Nc1nc2ccccc2c(=O)n1CCOc1ccc(Cl)cc1. The van der Waals surface area contributed by atoms with Crippen molar-refractivity contribution in [2.24, 2.45) is 0 Å². The van der Waals surface area contributed by atoms with Gasteiger partial charge < -0.3 is 9.84 Å². The second-order valence-electron chi connectivity index (χ2n) is 5.42. The third-order valence-electron chi connectivity index (χ3n) is 3.65. The van der Waals surface area contributed by atoms with Gasteiger partial charge in [-0.3, -0.25) is 19.5 Å². The first-order valence-electron chi connectivity index (χ1n) is 7.87. The van der Waals surface area contributed by atoms with Crippen LogP contribution in [-0.2, 0) is 11.3 Å². The van der Waals surface area contributed by atoms with Crippen molar-refractivity contribution in [1.82, 2.24) is 9.55 Å². The number of rotatable bonds is 6. The summed E-state index contributed by atoms with van der Waals surface area (Å²) in [4.78, 5) is 28.6. The highest BCUT2D eigenvalue weighted by molar-refractivity contribution is 6.30. The number of benzene rings is 2. The molecule has 0 unspecified atom stereocenters. The molecule has 0 atom stereocenters. The number of nitrogens with zero attached hydrogens (tertiary/aromatic N) is 2. The number of ether oxygens (including phenoxy) is 1. The number of hydrogen-bond donors (Lipinski definition) is 2. The number of fused-ring (bicyclic) bond motifs is 1. The van der Waals surface area contributed by atoms with Crippen LogP contribution in [0.4, 0.5) is 5.95 Å². The molecule has 3 aromatic rings. The highest BCUT2D eigenvalue weighted by atomic mass is 35.5. The van der Waals surface area contributed by atoms with Crippen molar-refractivity contribution < 1.29 is 14.6 Å². The summed E-state index contributed by atoms with van der Waals surface area (Å²) < 4.78 is 6.92. The maximum Gasteiger partial charge on any atom is 0.262 e. The minimum Gasteiger partial charge on any atom is -0.492 e. The predicted molar refractivity (Wildman–Crippen MR) is 98.7 cm³/mol. The summed E-state index contributed by atoms with van der Waals surface area (Å²) in [5.74, 6) is 0.0177. The third kappa shape index (κ3) is 4.01. The molecule has 0 fully saturated rings. The number of aromatic nitrogens is 2. The zero-order valence-corrected chi connectivity index (χ0v) is 14.4. The number of halogens is 1. The fourth-order valence-electron chi connectivity index (χ4n) is 2.42. The normalized spacial score (nSPS) is 10.7. The van der Waals surface area contributed by atoms with Gasteiger partial charge in [-0.05, 0) is 36.4 Å². The van der Waals surface area contributed by atoms with Gasteiger partial charge >= 0.3 is 0 Å². The molecule has 1 aromatic heterocycles. The maximum absolute atomic E-state index is 12.7. The monoisotopic (exact) mass is 373 g/mol. The van der Waals surface area contributed by atoms with Gasteiger partial charge in [0.1, 0.15) is 19.0 Å². The first-order chi connectivity index (χ1) is 12.6. The van der Waals surface area contributed by atoms with Gasteiger partial charge in [0.15, 0.2) is 0 Å². The fraction of sp³-hybridized carbons (Fsp3) is 0.167. The van der Waals surface area contributed by atoms with E-state index in [1.165, 1.54) is 4.57 Å². The first kappa shape index (κ1) is 17.9. The van der Waals surface area contributed by atoms with Gasteiger partial charge in [-0.1, -0.05) is 23.7 Å². The molecule has 3 rings (SSSR count). The lowest BCUT2D eigenvalue weighted by Gasteiger charge is -2.14. The van der Waals surface area contributed by atoms with E-state index in [-0.39, 0.29) is 24.7 Å². The second-order valence-corrected chi connectivity index (χ2v) is 5.85. The minimum atomic E-state index is -0.704. The molecule has 1 heterocycles. The number of nitrogens with one attached hydrogen (secondary N) is 1. The van der Waals surface area contributed by atoms with Crippen molar-refractivity contribution in [3.8, 4) is 5.75 Å². The predicted octanol–water partition coefficient (Wildman–Crippen LogP) is 2.06. The van der Waals surface area contributed by atoms with Crippen LogP contribution in [0.5, 0.6) is 5.75 Å². The number of aliphatic hydroxyl groups is 1. The lowest BCUT2D eigenvalue weighted by atomic mass is 10.2. The highest BCUT2D eigenvalue weighted by Crippen LogP contribution is 2.16. The van der Waals surface area contributed by atoms with Crippen molar-refractivity contribution in [3.63, 3.8) is 0 Å². The Bertz CT molecular complexity index is 986. The van der Waals surface area contributed by atoms with Crippen LogP contribution in [0.3, 0.4) is 0 Å². The number of carbonyl (C=O) groups excluding carboxylic acids is 1. The zero-order valence-electron chi connectivity index (χ0n) is 13.7. The van der Waals surface area contributed by atoms with Gasteiger partial charge in [0, 0.05) is 5.02 Å². The molecule has 26 heavy (non-hydrogen) atoms. The second kappa shape index (κ2) is 7.99. The molecule has 1 amide bonds. The number of para-hydroxylation sites is 1. The van der Waals surface area contributed by atoms with Gasteiger partial charge in [0.25, 0.3) is 11.5 Å². The highest BCUT2D eigenvalue weighted by Gasteiger charge is 2.13. The summed E-state index contributed by atoms with van der Waals surface area (Å²) in [5.41, 5.74) is 0.157. The number of amides is 1. The van der Waals surface area contributed by atoms with E-state index >= 15 is 0 Å². The standard InChI is InChI=1S/C18H16ClN3O4/c19-12-5-7-13(8-6-12)26-10-9-22-17(25)14-3-1-2-4-15(14)20-18(22)21-16(24)11-23/h1-8,23H,9-11H2,(H,20,21,24). The Kier molecular flexibility index (Phi) is 5.50. The average molecular weight is 374 g/mol. The van der Waals surface area contributed by atoms with Crippen LogP contribution < -0.4 is 15.6 Å². The molecule has 2 N–H and O–H groups in total. The van der Waals surface area contributed by atoms with E-state index in [2.05, 4.69) is 10.3 Å². The third-order valence-corrected chi connectivity index (χ3v) is 3.91. The zero-order chi connectivity index (χ0) is 18.5. The summed E-state index contributed by atoms with van der Waals surface area (Å²) in [5, 5.41) is 12.4. The molecule has 0 aliphatic carbocycles. The van der Waals surface area contributed by atoms with Crippen LogP contribution in [-0.4, -0.2) is 33.8 Å². The van der Waals surface area contributed by atoms with Crippen LogP contribution in [0.15, 0.2) is 53.3 Å². The van der Waals surface area contributed by atoms with Gasteiger partial charge in [-0.2, -0.15) is 0 Å². The molecule has 134 valence electrons. The van der Waals surface area contributed by atoms with Crippen molar-refractivity contribution in [2.75, 3.05) is 18.5 Å². The van der Waals surface area contributed by atoms with Crippen LogP contribution in [0.25, 0.3) is 10.9 Å². The van der Waals surface area contributed by atoms with Crippen LogP contribution >= 0.6 is 11.6 Å². The van der Waals surface area contributed by atoms with Crippen LogP contribution in [0, 0.1) is 0 Å². The van der Waals surface area contributed by atoms with Gasteiger partial charge in [-0.15, -0.1) is 0 Å². The van der Waals surface area contributed by atoms with E-state index in [1.807, 2.05) is 0 Å². The van der Waals surface area contributed by atoms with E-state index < -0.39 is 12.5 Å². The molecule has 8 heteroatoms. The Labute approximate surface area is 153 Å². The summed E-state index contributed by atoms with van der Waals surface area (Å²) in [7, 11) is 0. The molecule has 0 radical (unpaired) electrons. The molecular formula is C18H16ClN3O4. The lowest BCUT2D eigenvalue weighted by Crippen LogP contribution is -2.30. The number of hydrogen-bond acceptors (Lipinski definition) is 5. The number of aliphatic hydroxyl groups excluding tert-OH is 1. The lowest BCUT2D eigenvalue weighted by molar-refractivity contribution is -0.118. The fourth-order valence-corrected chi connectivity index (χ4v) is 2.55. The molecule has 2 aromatic carbocycles. The van der Waals surface area contributed by atoms with Crippen molar-refractivity contribution in [2.45, 2.75) is 6.54 Å². The molecule has 0 aliphatic heterocycles. The van der Waals surface area contributed by atoms with Gasteiger partial charge in [-0.25, -0.2) is 4.98 Å². The van der Waals surface area contributed by atoms with E-state index in [9.17, 15) is 9.59 Å². The topological polar surface area (TPSA) is 93.5 Å². The summed E-state index contributed by atoms with van der Waals surface area (Å²) in [6.45, 7) is -0.353. The van der Waals surface area contributed by atoms with E-state index in [0.717, 1.165) is 0 Å². The molecule has 0 aliphatic rings. The van der Waals surface area contributed by atoms with E-state index in [4.69, 9.17) is 21.4 Å². The number of carbonyl (C=O) groups is 1. The van der Waals surface area contributed by atoms with E-state index in [1.54, 1.807) is 48.5 Å². The Hall–Kier alpha value is -2.90. The van der Waals surface area contributed by atoms with Gasteiger partial charge in [0.2, 0.25) is 5.95 Å². The first-order valence-corrected chi connectivity index (χ1v) is 8.25. The Morgan fingerprint density at radius 1 is 1.19 bits per heavy atom. The average Bonchev–Trinajstić information content (AvgIpc) is 2.65. The Morgan fingerprint density at radius 3 is 2.65 bits per heavy atom. The maximum atomic E-state index is 12.7. The van der Waals surface area contributed by atoms with Crippen molar-refractivity contribution >= 4 is 34.4 Å². The van der Waals surface area contributed by atoms with Crippen LogP contribution in [0.2, 0.25) is 5.02 Å². The quantitative estimate of drug-likeness (QED) is 0.689. The van der Waals surface area contributed by atoms with Crippen molar-refractivity contribution in [3.05, 3.63) is 63.9 Å². The molecular weight excluding hydrogens is 358 g/mol. The summed E-state index contributed by atoms with van der Waals surface area (Å²) in [6.07, 6.45) is 0. The minimum absolute atomic E-state index is 0.0625. The summed E-state index contributed by atoms with van der Waals surface area (Å²) in [6, 6.07) is 13.7. The molecule has 0 saturated carbocycles. The van der Waals surface area contributed by atoms with Gasteiger partial charge in [0.05, 0.1) is 17.4 Å². The Balaban J connectivity index is 1.87. The number of anilines is 1. The molecule has 7 nitrogen and oxygen atoms in total. The smallest absolute Gasteiger partial charge is 0.262 e. The Morgan fingerprint density at radius 2 is 1.92 bits per heavy atom. The molecule has 0 spiro atoms.